The van der Waals surface area contributed by atoms with E-state index in [1.807, 2.05) is 0 Å². The van der Waals surface area contributed by atoms with Crippen molar-refractivity contribution in [2.24, 2.45) is 5.92 Å². The second kappa shape index (κ2) is 5.63. The molecule has 0 radical (unpaired) electrons. The molecule has 2 aliphatic rings. The van der Waals surface area contributed by atoms with Gasteiger partial charge in [-0.25, -0.2) is 9.97 Å². The molecule has 0 spiro atoms. The Morgan fingerprint density at radius 3 is 2.74 bits per heavy atom. The molecule has 2 fully saturated rings. The molecule has 0 saturated heterocycles. The molecule has 0 aromatic carbocycles. The summed E-state index contributed by atoms with van der Waals surface area (Å²) in [6, 6.07) is 1.77. The first-order valence-electron chi connectivity index (χ1n) is 7.19. The van der Waals surface area contributed by atoms with Crippen LogP contribution in [0.1, 0.15) is 50.3 Å². The Morgan fingerprint density at radius 2 is 2.00 bits per heavy atom. The lowest BCUT2D eigenvalue weighted by Crippen LogP contribution is -2.30. The molecular formula is C14H20ClN3O. The van der Waals surface area contributed by atoms with Gasteiger partial charge in [-0.15, -0.1) is 0 Å². The number of aliphatic hydroxyl groups excluding tert-OH is 1. The third-order valence-corrected chi connectivity index (χ3v) is 4.26. The third-order valence-electron chi connectivity index (χ3n) is 4.07. The van der Waals surface area contributed by atoms with E-state index in [-0.39, 0.29) is 6.10 Å². The molecule has 0 amide bonds. The lowest BCUT2D eigenvalue weighted by atomic mass is 9.86. The zero-order chi connectivity index (χ0) is 13.2. The van der Waals surface area contributed by atoms with Gasteiger partial charge in [0.25, 0.3) is 0 Å². The van der Waals surface area contributed by atoms with Gasteiger partial charge in [0, 0.05) is 24.4 Å². The van der Waals surface area contributed by atoms with Gasteiger partial charge in [0.1, 0.15) is 16.8 Å². The highest BCUT2D eigenvalue weighted by molar-refractivity contribution is 6.29. The summed E-state index contributed by atoms with van der Waals surface area (Å²) < 4.78 is 0. The fraction of sp³-hybridized carbons (Fsp3) is 0.714. The molecule has 2 N–H and O–H groups in total. The summed E-state index contributed by atoms with van der Waals surface area (Å²) in [6.45, 7) is 0.763. The summed E-state index contributed by atoms with van der Waals surface area (Å²) in [4.78, 5) is 8.79. The Bertz CT molecular complexity index is 450. The summed E-state index contributed by atoms with van der Waals surface area (Å²) in [7, 11) is 0. The van der Waals surface area contributed by atoms with Gasteiger partial charge in [-0.05, 0) is 25.7 Å². The molecule has 2 saturated carbocycles. The largest absolute Gasteiger partial charge is 0.393 e. The van der Waals surface area contributed by atoms with Crippen molar-refractivity contribution in [1.29, 1.82) is 0 Å². The van der Waals surface area contributed by atoms with Crippen molar-refractivity contribution >= 4 is 17.4 Å². The number of hydrogen-bond acceptors (Lipinski definition) is 4. The van der Waals surface area contributed by atoms with Crippen molar-refractivity contribution in [2.45, 2.75) is 50.5 Å². The Labute approximate surface area is 118 Å². The molecular weight excluding hydrogens is 262 g/mol. The van der Waals surface area contributed by atoms with Crippen molar-refractivity contribution in [3.8, 4) is 0 Å². The quantitative estimate of drug-likeness (QED) is 0.833. The van der Waals surface area contributed by atoms with E-state index in [1.54, 1.807) is 6.07 Å². The molecule has 4 nitrogen and oxygen atoms in total. The van der Waals surface area contributed by atoms with Crippen LogP contribution < -0.4 is 5.32 Å². The van der Waals surface area contributed by atoms with Crippen molar-refractivity contribution in [3.63, 3.8) is 0 Å². The second-order valence-corrected chi connectivity index (χ2v) is 6.09. The molecule has 5 heteroatoms. The van der Waals surface area contributed by atoms with Crippen LogP contribution in [-0.4, -0.2) is 27.7 Å². The number of anilines is 1. The fourth-order valence-corrected chi connectivity index (χ4v) is 2.90. The minimum Gasteiger partial charge on any atom is -0.393 e. The van der Waals surface area contributed by atoms with Crippen LogP contribution in [0.25, 0.3) is 0 Å². The molecule has 3 rings (SSSR count). The maximum absolute atomic E-state index is 9.96. The van der Waals surface area contributed by atoms with E-state index in [1.165, 1.54) is 19.3 Å². The van der Waals surface area contributed by atoms with E-state index in [4.69, 9.17) is 11.6 Å². The van der Waals surface area contributed by atoms with Gasteiger partial charge in [-0.1, -0.05) is 24.4 Å². The summed E-state index contributed by atoms with van der Waals surface area (Å²) in [6.07, 6.45) is 6.51. The van der Waals surface area contributed by atoms with E-state index < -0.39 is 0 Å². The lowest BCUT2D eigenvalue weighted by molar-refractivity contribution is 0.0763. The van der Waals surface area contributed by atoms with E-state index >= 15 is 0 Å². The molecule has 2 atom stereocenters. The predicted molar refractivity (Wildman–Crippen MR) is 75.5 cm³/mol. The number of nitrogens with one attached hydrogen (secondary N) is 1. The number of hydrogen-bond donors (Lipinski definition) is 2. The number of aliphatic hydroxyl groups is 1. The van der Waals surface area contributed by atoms with E-state index in [0.717, 1.165) is 37.4 Å². The molecule has 1 heterocycles. The molecule has 1 aromatic rings. The van der Waals surface area contributed by atoms with Gasteiger partial charge >= 0.3 is 0 Å². The first-order valence-corrected chi connectivity index (χ1v) is 7.56. The van der Waals surface area contributed by atoms with Gasteiger partial charge < -0.3 is 10.4 Å². The summed E-state index contributed by atoms with van der Waals surface area (Å²) in [5, 5.41) is 13.8. The minimum absolute atomic E-state index is 0.179. The minimum atomic E-state index is -0.179. The van der Waals surface area contributed by atoms with Crippen molar-refractivity contribution in [2.75, 3.05) is 11.9 Å². The van der Waals surface area contributed by atoms with Crippen LogP contribution in [0.5, 0.6) is 0 Å². The zero-order valence-corrected chi connectivity index (χ0v) is 11.7. The van der Waals surface area contributed by atoms with Crippen molar-refractivity contribution < 1.29 is 5.11 Å². The SMILES string of the molecule is OC1CCCCC1CNc1cc(Cl)nc(C2CC2)n1. The van der Waals surface area contributed by atoms with E-state index in [0.29, 0.717) is 17.0 Å². The Balaban J connectivity index is 1.62. The van der Waals surface area contributed by atoms with Crippen LogP contribution in [0.15, 0.2) is 6.07 Å². The molecule has 1 aromatic heterocycles. The van der Waals surface area contributed by atoms with E-state index in [2.05, 4.69) is 15.3 Å². The van der Waals surface area contributed by atoms with Crippen LogP contribution in [0, 0.1) is 5.92 Å². The Kier molecular flexibility index (Phi) is 3.89. The highest BCUT2D eigenvalue weighted by Gasteiger charge is 2.27. The predicted octanol–water partition coefficient (Wildman–Crippen LogP) is 2.97. The first-order chi connectivity index (χ1) is 9.22. The van der Waals surface area contributed by atoms with Crippen LogP contribution in [0.4, 0.5) is 5.82 Å². The Morgan fingerprint density at radius 1 is 1.21 bits per heavy atom. The summed E-state index contributed by atoms with van der Waals surface area (Å²) >= 11 is 6.03. The van der Waals surface area contributed by atoms with Crippen LogP contribution in [0.3, 0.4) is 0 Å². The monoisotopic (exact) mass is 281 g/mol. The highest BCUT2D eigenvalue weighted by atomic mass is 35.5. The second-order valence-electron chi connectivity index (χ2n) is 5.70. The van der Waals surface area contributed by atoms with Crippen LogP contribution >= 0.6 is 11.6 Å². The van der Waals surface area contributed by atoms with Crippen molar-refractivity contribution in [1.82, 2.24) is 9.97 Å². The smallest absolute Gasteiger partial charge is 0.135 e. The highest BCUT2D eigenvalue weighted by Crippen LogP contribution is 2.38. The number of rotatable bonds is 4. The number of halogens is 1. The van der Waals surface area contributed by atoms with Gasteiger partial charge in [0.2, 0.25) is 0 Å². The standard InChI is InChI=1S/C14H20ClN3O/c15-12-7-13(18-14(17-12)9-5-6-9)16-8-10-3-1-2-4-11(10)19/h7,9-11,19H,1-6,8H2,(H,16,17,18). The fourth-order valence-electron chi connectivity index (χ4n) is 2.71. The lowest BCUT2D eigenvalue weighted by Gasteiger charge is -2.27. The first kappa shape index (κ1) is 13.1. The molecule has 2 unspecified atom stereocenters. The Hall–Kier alpha value is -0.870. The van der Waals surface area contributed by atoms with Gasteiger partial charge in [-0.3, -0.25) is 0 Å². The topological polar surface area (TPSA) is 58.0 Å². The third kappa shape index (κ3) is 3.37. The maximum Gasteiger partial charge on any atom is 0.135 e. The summed E-state index contributed by atoms with van der Waals surface area (Å²) in [5.74, 6) is 2.48. The molecule has 19 heavy (non-hydrogen) atoms. The molecule has 2 aliphatic carbocycles. The number of nitrogens with zero attached hydrogens (tertiary/aromatic N) is 2. The molecule has 0 bridgehead atoms. The van der Waals surface area contributed by atoms with Gasteiger partial charge in [0.15, 0.2) is 0 Å². The van der Waals surface area contributed by atoms with E-state index in [9.17, 15) is 5.11 Å². The van der Waals surface area contributed by atoms with Crippen molar-refractivity contribution in [3.05, 3.63) is 17.0 Å². The maximum atomic E-state index is 9.96. The normalized spacial score (nSPS) is 27.3. The van der Waals surface area contributed by atoms with Crippen LogP contribution in [0.2, 0.25) is 5.15 Å². The molecule has 104 valence electrons. The zero-order valence-electron chi connectivity index (χ0n) is 11.0. The summed E-state index contributed by atoms with van der Waals surface area (Å²) in [5.41, 5.74) is 0. The van der Waals surface area contributed by atoms with Gasteiger partial charge in [-0.2, -0.15) is 0 Å². The average molecular weight is 282 g/mol. The molecule has 0 aliphatic heterocycles. The average Bonchev–Trinajstić information content (AvgIpc) is 3.21. The number of aromatic nitrogens is 2. The van der Waals surface area contributed by atoms with Crippen LogP contribution in [-0.2, 0) is 0 Å². The van der Waals surface area contributed by atoms with Gasteiger partial charge in [0.05, 0.1) is 6.10 Å².